The fourth-order valence-electron chi connectivity index (χ4n) is 2.47. The highest BCUT2D eigenvalue weighted by Crippen LogP contribution is 2.35. The Hall–Kier alpha value is 0.190. The van der Waals surface area contributed by atoms with Gasteiger partial charge in [0.15, 0.2) is 0 Å². The van der Waals surface area contributed by atoms with E-state index < -0.39 is 0 Å². The first kappa shape index (κ1) is 12.6. The second-order valence-corrected chi connectivity index (χ2v) is 6.47. The van der Waals surface area contributed by atoms with Crippen molar-refractivity contribution >= 4 is 11.8 Å². The fraction of sp³-hybridized carbons (Fsp3) is 1.00. The normalized spacial score (nSPS) is 38.1. The Morgan fingerprint density at radius 2 is 2.06 bits per heavy atom. The first-order chi connectivity index (χ1) is 7.66. The molecule has 2 rings (SSSR count). The zero-order valence-electron chi connectivity index (χ0n) is 10.4. The van der Waals surface area contributed by atoms with Crippen molar-refractivity contribution in [3.8, 4) is 0 Å². The highest BCUT2D eigenvalue weighted by Gasteiger charge is 2.41. The van der Waals surface area contributed by atoms with E-state index in [4.69, 9.17) is 5.73 Å². The summed E-state index contributed by atoms with van der Waals surface area (Å²) in [5.41, 5.74) is 9.84. The molecule has 2 aliphatic rings. The number of hydrazine groups is 1. The molecule has 0 aromatic rings. The van der Waals surface area contributed by atoms with Gasteiger partial charge in [-0.15, -0.1) is 0 Å². The van der Waals surface area contributed by atoms with E-state index in [9.17, 15) is 0 Å². The molecule has 0 saturated carbocycles. The van der Waals surface area contributed by atoms with Crippen LogP contribution in [-0.2, 0) is 0 Å². The predicted octanol–water partition coefficient (Wildman–Crippen LogP) is -0.0387. The van der Waals surface area contributed by atoms with Crippen LogP contribution in [0.5, 0.6) is 0 Å². The van der Waals surface area contributed by atoms with Gasteiger partial charge >= 0.3 is 0 Å². The Bertz CT molecular complexity index is 230. The van der Waals surface area contributed by atoms with Gasteiger partial charge in [-0.1, -0.05) is 6.92 Å². The Balaban J connectivity index is 1.91. The van der Waals surface area contributed by atoms with Crippen molar-refractivity contribution in [2.45, 2.75) is 24.1 Å². The van der Waals surface area contributed by atoms with Gasteiger partial charge in [-0.3, -0.25) is 0 Å². The standard InChI is InChI=1S/C11H24N4S/c1-10-11(9-12,3-8-16-10)13-15-6-4-14(2)5-7-15/h10,13H,3-9,12H2,1-2H3. The van der Waals surface area contributed by atoms with Crippen molar-refractivity contribution in [3.63, 3.8) is 0 Å². The lowest BCUT2D eigenvalue weighted by molar-refractivity contribution is 0.0561. The van der Waals surface area contributed by atoms with Crippen LogP contribution in [-0.4, -0.2) is 66.2 Å². The number of piperazine rings is 1. The Labute approximate surface area is 103 Å². The molecule has 4 nitrogen and oxygen atoms in total. The lowest BCUT2D eigenvalue weighted by Crippen LogP contribution is -2.64. The van der Waals surface area contributed by atoms with Gasteiger partial charge in [-0.25, -0.2) is 10.4 Å². The van der Waals surface area contributed by atoms with E-state index >= 15 is 0 Å². The summed E-state index contributed by atoms with van der Waals surface area (Å²) in [5.74, 6) is 1.24. The third-order valence-corrected chi connectivity index (χ3v) is 5.33. The first-order valence-electron chi connectivity index (χ1n) is 6.19. The third-order valence-electron chi connectivity index (χ3n) is 3.94. The molecule has 0 radical (unpaired) electrons. The van der Waals surface area contributed by atoms with Crippen LogP contribution in [0, 0.1) is 0 Å². The summed E-state index contributed by atoms with van der Waals surface area (Å²) >= 11 is 2.04. The number of likely N-dealkylation sites (N-methyl/N-ethyl adjacent to an activating group) is 1. The molecule has 0 spiro atoms. The SMILES string of the molecule is CC1SCCC1(CN)NN1CCN(C)CC1. The molecule has 2 saturated heterocycles. The van der Waals surface area contributed by atoms with E-state index in [0.717, 1.165) is 32.7 Å². The maximum Gasteiger partial charge on any atom is 0.0571 e. The number of hydrogen-bond acceptors (Lipinski definition) is 5. The summed E-state index contributed by atoms with van der Waals surface area (Å²) in [6, 6.07) is 0. The van der Waals surface area contributed by atoms with Gasteiger partial charge in [0, 0.05) is 38.0 Å². The minimum Gasteiger partial charge on any atom is -0.329 e. The maximum absolute atomic E-state index is 5.99. The maximum atomic E-state index is 5.99. The van der Waals surface area contributed by atoms with Crippen LogP contribution in [0.3, 0.4) is 0 Å². The van der Waals surface area contributed by atoms with Crippen molar-refractivity contribution < 1.29 is 0 Å². The lowest BCUT2D eigenvalue weighted by atomic mass is 9.94. The fourth-order valence-corrected chi connectivity index (χ4v) is 3.90. The molecule has 3 N–H and O–H groups in total. The van der Waals surface area contributed by atoms with Crippen LogP contribution in [0.4, 0.5) is 0 Å². The molecule has 0 aliphatic carbocycles. The molecule has 2 fully saturated rings. The van der Waals surface area contributed by atoms with E-state index in [0.29, 0.717) is 5.25 Å². The molecule has 0 aromatic heterocycles. The summed E-state index contributed by atoms with van der Waals surface area (Å²) in [5, 5.41) is 2.99. The van der Waals surface area contributed by atoms with Crippen LogP contribution in [0.1, 0.15) is 13.3 Å². The Morgan fingerprint density at radius 3 is 2.56 bits per heavy atom. The molecule has 0 aromatic carbocycles. The molecule has 2 atom stereocenters. The zero-order valence-corrected chi connectivity index (χ0v) is 11.2. The van der Waals surface area contributed by atoms with Crippen LogP contribution in [0.2, 0.25) is 0 Å². The smallest absolute Gasteiger partial charge is 0.0571 e. The minimum absolute atomic E-state index is 0.139. The number of nitrogens with two attached hydrogens (primary N) is 1. The second kappa shape index (κ2) is 5.23. The number of hydrogen-bond donors (Lipinski definition) is 2. The number of thioether (sulfide) groups is 1. The molecule has 2 unspecified atom stereocenters. The number of rotatable bonds is 3. The van der Waals surface area contributed by atoms with E-state index in [-0.39, 0.29) is 5.54 Å². The first-order valence-corrected chi connectivity index (χ1v) is 7.24. The topological polar surface area (TPSA) is 44.5 Å². The van der Waals surface area contributed by atoms with Crippen LogP contribution >= 0.6 is 11.8 Å². The van der Waals surface area contributed by atoms with Crippen LogP contribution in [0.25, 0.3) is 0 Å². The highest BCUT2D eigenvalue weighted by atomic mass is 32.2. The molecule has 0 amide bonds. The average molecular weight is 244 g/mol. The van der Waals surface area contributed by atoms with Gasteiger partial charge in [0.1, 0.15) is 0 Å². The van der Waals surface area contributed by atoms with Crippen LogP contribution in [0.15, 0.2) is 0 Å². The number of nitrogens with one attached hydrogen (secondary N) is 1. The molecule has 2 aliphatic heterocycles. The summed E-state index contributed by atoms with van der Waals surface area (Å²) in [4.78, 5) is 2.38. The molecule has 0 bridgehead atoms. The minimum atomic E-state index is 0.139. The lowest BCUT2D eigenvalue weighted by Gasteiger charge is -2.41. The molecule has 5 heteroatoms. The Kier molecular flexibility index (Phi) is 4.13. The van der Waals surface area contributed by atoms with Crippen molar-refractivity contribution in [1.82, 2.24) is 15.3 Å². The molecule has 16 heavy (non-hydrogen) atoms. The largest absolute Gasteiger partial charge is 0.329 e. The summed E-state index contributed by atoms with van der Waals surface area (Å²) in [7, 11) is 2.18. The van der Waals surface area contributed by atoms with Gasteiger partial charge < -0.3 is 10.6 Å². The van der Waals surface area contributed by atoms with Gasteiger partial charge in [0.2, 0.25) is 0 Å². The number of nitrogens with zero attached hydrogens (tertiary/aromatic N) is 2. The second-order valence-electron chi connectivity index (χ2n) is 5.03. The van der Waals surface area contributed by atoms with Crippen molar-refractivity contribution in [2.75, 3.05) is 45.5 Å². The van der Waals surface area contributed by atoms with Gasteiger partial charge in [0.25, 0.3) is 0 Å². The predicted molar refractivity (Wildman–Crippen MR) is 70.5 cm³/mol. The summed E-state index contributed by atoms with van der Waals surface area (Å²) in [6.45, 7) is 7.55. The van der Waals surface area contributed by atoms with Crippen LogP contribution < -0.4 is 11.2 Å². The summed E-state index contributed by atoms with van der Waals surface area (Å²) < 4.78 is 0. The van der Waals surface area contributed by atoms with Crippen molar-refractivity contribution in [2.24, 2.45) is 5.73 Å². The molecular weight excluding hydrogens is 220 g/mol. The van der Waals surface area contributed by atoms with E-state index in [1.807, 2.05) is 11.8 Å². The molecular formula is C11H24N4S. The molecule has 94 valence electrons. The van der Waals surface area contributed by atoms with Crippen molar-refractivity contribution in [1.29, 1.82) is 0 Å². The van der Waals surface area contributed by atoms with Gasteiger partial charge in [-0.05, 0) is 19.2 Å². The summed E-state index contributed by atoms with van der Waals surface area (Å²) in [6.07, 6.45) is 1.20. The van der Waals surface area contributed by atoms with Crippen molar-refractivity contribution in [3.05, 3.63) is 0 Å². The monoisotopic (exact) mass is 244 g/mol. The van der Waals surface area contributed by atoms with E-state index in [1.165, 1.54) is 12.2 Å². The van der Waals surface area contributed by atoms with Gasteiger partial charge in [-0.2, -0.15) is 11.8 Å². The zero-order chi connectivity index (χ0) is 11.6. The van der Waals surface area contributed by atoms with Gasteiger partial charge in [0.05, 0.1) is 5.54 Å². The van der Waals surface area contributed by atoms with E-state index in [2.05, 4.69) is 29.3 Å². The third kappa shape index (κ3) is 2.54. The molecule has 2 heterocycles. The Morgan fingerprint density at radius 1 is 1.38 bits per heavy atom. The van der Waals surface area contributed by atoms with E-state index in [1.54, 1.807) is 0 Å². The average Bonchev–Trinajstić information content (AvgIpc) is 2.64. The highest BCUT2D eigenvalue weighted by molar-refractivity contribution is 8.00. The quantitative estimate of drug-likeness (QED) is 0.729.